The molecule has 0 aliphatic carbocycles. The van der Waals surface area contributed by atoms with Crippen molar-refractivity contribution in [1.29, 1.82) is 0 Å². The Balaban J connectivity index is 1.45. The third kappa shape index (κ3) is 4.96. The van der Waals surface area contributed by atoms with Crippen LogP contribution in [-0.4, -0.2) is 55.7 Å². The van der Waals surface area contributed by atoms with E-state index in [0.717, 1.165) is 25.7 Å². The molecule has 0 fully saturated rings. The zero-order chi connectivity index (χ0) is 15.6. The van der Waals surface area contributed by atoms with Gasteiger partial charge in [-0.3, -0.25) is 19.8 Å². The van der Waals surface area contributed by atoms with E-state index >= 15 is 0 Å². The number of nitrogens with one attached hydrogen (secondary N) is 4. The predicted molar refractivity (Wildman–Crippen MR) is 75.9 cm³/mol. The Hall–Kier alpha value is -2.78. The Labute approximate surface area is 126 Å². The molecular formula is C12H18N8O2. The average Bonchev–Trinajstić information content (AvgIpc) is 3.22. The van der Waals surface area contributed by atoms with E-state index in [2.05, 4.69) is 41.5 Å². The molecule has 0 unspecified atom stereocenters. The third-order valence-electron chi connectivity index (χ3n) is 2.99. The molecule has 2 rings (SSSR count). The summed E-state index contributed by atoms with van der Waals surface area (Å²) < 4.78 is 0. The first-order valence-electron chi connectivity index (χ1n) is 7.06. The van der Waals surface area contributed by atoms with Crippen LogP contribution in [-0.2, 0) is 0 Å². The lowest BCUT2D eigenvalue weighted by molar-refractivity contribution is 0.0938. The number of unbranched alkanes of at least 4 members (excludes halogenated alkanes) is 3. The van der Waals surface area contributed by atoms with Gasteiger partial charge in [-0.2, -0.15) is 0 Å². The average molecular weight is 306 g/mol. The molecular weight excluding hydrogens is 288 g/mol. The van der Waals surface area contributed by atoms with Gasteiger partial charge in [0.05, 0.1) is 12.4 Å². The zero-order valence-corrected chi connectivity index (χ0v) is 12.0. The highest BCUT2D eigenvalue weighted by molar-refractivity contribution is 5.92. The third-order valence-corrected chi connectivity index (χ3v) is 2.99. The quantitative estimate of drug-likeness (QED) is 0.466. The van der Waals surface area contributed by atoms with Crippen LogP contribution in [0.1, 0.15) is 46.7 Å². The van der Waals surface area contributed by atoms with Gasteiger partial charge in [-0.15, -0.1) is 10.2 Å². The number of aromatic nitrogens is 6. The van der Waals surface area contributed by atoms with Crippen LogP contribution < -0.4 is 10.6 Å². The van der Waals surface area contributed by atoms with Gasteiger partial charge in [-0.05, 0) is 12.8 Å². The molecule has 2 heterocycles. The second-order valence-electron chi connectivity index (χ2n) is 4.67. The summed E-state index contributed by atoms with van der Waals surface area (Å²) in [4.78, 5) is 23.1. The normalized spacial score (nSPS) is 10.4. The molecule has 0 radical (unpaired) electrons. The van der Waals surface area contributed by atoms with Crippen LogP contribution in [0.15, 0.2) is 12.4 Å². The summed E-state index contributed by atoms with van der Waals surface area (Å²) in [5.74, 6) is -0.407. The van der Waals surface area contributed by atoms with Crippen LogP contribution in [0.25, 0.3) is 0 Å². The summed E-state index contributed by atoms with van der Waals surface area (Å²) in [6, 6.07) is 0. The van der Waals surface area contributed by atoms with Gasteiger partial charge in [0.25, 0.3) is 11.8 Å². The highest BCUT2D eigenvalue weighted by atomic mass is 16.2. The molecule has 0 aliphatic heterocycles. The van der Waals surface area contributed by atoms with E-state index in [0.29, 0.717) is 24.5 Å². The van der Waals surface area contributed by atoms with Gasteiger partial charge in [0, 0.05) is 13.1 Å². The van der Waals surface area contributed by atoms with E-state index in [4.69, 9.17) is 0 Å². The Bertz CT molecular complexity index is 514. The van der Waals surface area contributed by atoms with Gasteiger partial charge in [0.2, 0.25) is 0 Å². The minimum absolute atomic E-state index is 0.203. The maximum absolute atomic E-state index is 11.5. The lowest BCUT2D eigenvalue weighted by atomic mass is 10.2. The number of carbonyl (C=O) groups excluding carboxylic acids is 2. The topological polar surface area (TPSA) is 141 Å². The van der Waals surface area contributed by atoms with Crippen molar-refractivity contribution in [3.05, 3.63) is 23.8 Å². The Morgan fingerprint density at radius 1 is 0.818 bits per heavy atom. The van der Waals surface area contributed by atoms with E-state index in [1.54, 1.807) is 0 Å². The molecule has 118 valence electrons. The minimum Gasteiger partial charge on any atom is -0.351 e. The Kier molecular flexibility index (Phi) is 6.03. The van der Waals surface area contributed by atoms with E-state index < -0.39 is 0 Å². The van der Waals surface area contributed by atoms with Crippen molar-refractivity contribution in [3.8, 4) is 0 Å². The van der Waals surface area contributed by atoms with Crippen LogP contribution in [0.3, 0.4) is 0 Å². The summed E-state index contributed by atoms with van der Waals surface area (Å²) in [5.41, 5.74) is 0.715. The minimum atomic E-state index is -0.203. The molecule has 10 nitrogen and oxygen atoms in total. The number of hydrogen-bond acceptors (Lipinski definition) is 6. The van der Waals surface area contributed by atoms with Gasteiger partial charge < -0.3 is 10.6 Å². The lowest BCUT2D eigenvalue weighted by Crippen LogP contribution is -2.25. The van der Waals surface area contributed by atoms with Gasteiger partial charge in [0.15, 0.2) is 0 Å². The van der Waals surface area contributed by atoms with Crippen molar-refractivity contribution in [3.63, 3.8) is 0 Å². The first-order valence-corrected chi connectivity index (χ1v) is 7.06. The van der Waals surface area contributed by atoms with E-state index in [1.165, 1.54) is 12.4 Å². The van der Waals surface area contributed by atoms with E-state index in [1.807, 2.05) is 0 Å². The first-order chi connectivity index (χ1) is 10.8. The number of carbonyl (C=O) groups is 2. The number of nitrogens with zero attached hydrogens (tertiary/aromatic N) is 4. The number of aromatic amines is 2. The summed E-state index contributed by atoms with van der Waals surface area (Å²) in [7, 11) is 0. The van der Waals surface area contributed by atoms with Gasteiger partial charge >= 0.3 is 0 Å². The second kappa shape index (κ2) is 8.49. The molecule has 0 saturated carbocycles. The zero-order valence-electron chi connectivity index (χ0n) is 12.0. The van der Waals surface area contributed by atoms with Crippen molar-refractivity contribution < 1.29 is 9.59 Å². The van der Waals surface area contributed by atoms with Crippen LogP contribution in [0.4, 0.5) is 0 Å². The molecule has 2 aromatic heterocycles. The highest BCUT2D eigenvalue weighted by Crippen LogP contribution is 1.99. The van der Waals surface area contributed by atoms with Crippen molar-refractivity contribution >= 4 is 11.8 Å². The fourth-order valence-electron chi connectivity index (χ4n) is 1.81. The molecule has 22 heavy (non-hydrogen) atoms. The molecule has 0 aliphatic rings. The van der Waals surface area contributed by atoms with Gasteiger partial charge in [-0.25, -0.2) is 0 Å². The molecule has 2 aromatic rings. The molecule has 0 spiro atoms. The van der Waals surface area contributed by atoms with Crippen LogP contribution in [0.2, 0.25) is 0 Å². The number of amides is 2. The SMILES string of the molecule is O=C(NCCCCCCNC(=O)c1cnn[nH]1)c1cnn[nH]1. The number of H-pyrrole nitrogens is 2. The van der Waals surface area contributed by atoms with Crippen LogP contribution in [0, 0.1) is 0 Å². The molecule has 0 bridgehead atoms. The van der Waals surface area contributed by atoms with Crippen LogP contribution >= 0.6 is 0 Å². The monoisotopic (exact) mass is 306 g/mol. The van der Waals surface area contributed by atoms with Gasteiger partial charge in [-0.1, -0.05) is 23.3 Å². The standard InChI is InChI=1S/C12H18N8O2/c21-11(9-7-15-19-17-9)13-5-3-1-2-4-6-14-12(22)10-8-16-20-18-10/h7-8H,1-6H2,(H,13,21)(H,14,22)(H,15,17,19)(H,16,18,20). The number of hydrogen-bond donors (Lipinski definition) is 4. The smallest absolute Gasteiger partial charge is 0.270 e. The molecule has 0 saturated heterocycles. The largest absolute Gasteiger partial charge is 0.351 e. The second-order valence-corrected chi connectivity index (χ2v) is 4.67. The Morgan fingerprint density at radius 2 is 1.27 bits per heavy atom. The van der Waals surface area contributed by atoms with Crippen molar-refractivity contribution in [2.45, 2.75) is 25.7 Å². The van der Waals surface area contributed by atoms with E-state index in [-0.39, 0.29) is 11.8 Å². The molecule has 2 amide bonds. The van der Waals surface area contributed by atoms with Crippen molar-refractivity contribution in [1.82, 2.24) is 41.5 Å². The molecule has 10 heteroatoms. The first kappa shape index (κ1) is 15.6. The molecule has 0 aromatic carbocycles. The summed E-state index contributed by atoms with van der Waals surface area (Å²) in [6.45, 7) is 1.20. The maximum Gasteiger partial charge on any atom is 0.270 e. The van der Waals surface area contributed by atoms with Crippen LogP contribution in [0.5, 0.6) is 0 Å². The van der Waals surface area contributed by atoms with E-state index in [9.17, 15) is 9.59 Å². The lowest BCUT2D eigenvalue weighted by Gasteiger charge is -2.04. The predicted octanol–water partition coefficient (Wildman–Crippen LogP) is -0.357. The molecule has 4 N–H and O–H groups in total. The Morgan fingerprint density at radius 3 is 1.64 bits per heavy atom. The van der Waals surface area contributed by atoms with Crippen molar-refractivity contribution in [2.75, 3.05) is 13.1 Å². The summed E-state index contributed by atoms with van der Waals surface area (Å²) in [6.07, 6.45) is 6.48. The summed E-state index contributed by atoms with van der Waals surface area (Å²) >= 11 is 0. The fourth-order valence-corrected chi connectivity index (χ4v) is 1.81. The fraction of sp³-hybridized carbons (Fsp3) is 0.500. The summed E-state index contributed by atoms with van der Waals surface area (Å²) in [5, 5.41) is 24.6. The molecule has 0 atom stereocenters. The highest BCUT2D eigenvalue weighted by Gasteiger charge is 2.07. The van der Waals surface area contributed by atoms with Crippen molar-refractivity contribution in [2.24, 2.45) is 0 Å². The van der Waals surface area contributed by atoms with Gasteiger partial charge in [0.1, 0.15) is 11.4 Å². The maximum atomic E-state index is 11.5. The number of rotatable bonds is 9.